The summed E-state index contributed by atoms with van der Waals surface area (Å²) < 4.78 is 0. The van der Waals surface area contributed by atoms with Crippen molar-refractivity contribution < 1.29 is 10.0 Å². The normalized spacial score (nSPS) is 14.9. The van der Waals surface area contributed by atoms with E-state index in [1.807, 2.05) is 25.1 Å². The quantitative estimate of drug-likeness (QED) is 0.322. The molecule has 0 heterocycles. The first-order chi connectivity index (χ1) is 9.45. The van der Waals surface area contributed by atoms with Crippen molar-refractivity contribution in [3.8, 4) is 0 Å². The second-order valence-electron chi connectivity index (χ2n) is 5.41. The second-order valence-corrected chi connectivity index (χ2v) is 5.41. The van der Waals surface area contributed by atoms with E-state index in [4.69, 9.17) is 10.9 Å². The Morgan fingerprint density at radius 3 is 2.40 bits per heavy atom. The topological polar surface area (TPSA) is 87.7 Å². The molecule has 0 fully saturated rings. The van der Waals surface area contributed by atoms with E-state index in [1.54, 1.807) is 12.1 Å². The first-order valence-electron chi connectivity index (χ1n) is 6.78. The molecule has 2 unspecified atom stereocenters. The van der Waals surface area contributed by atoms with Crippen molar-refractivity contribution in [3.63, 3.8) is 0 Å². The number of nitrogens with two attached hydrogens (primary N) is 1. The third-order valence-electron chi connectivity index (χ3n) is 3.02. The molecule has 0 saturated heterocycles. The smallest absolute Gasteiger partial charge is 0.235 e. The molecular formula is C15H23N3O2. The molecule has 4 N–H and O–H groups in total. The minimum Gasteiger partial charge on any atom is -0.409 e. The van der Waals surface area contributed by atoms with Gasteiger partial charge >= 0.3 is 0 Å². The SMILES string of the molecule is CC(C)CC(C)NC(=O)C(C(N)=NO)c1ccccc1. The highest BCUT2D eigenvalue weighted by Crippen LogP contribution is 2.17. The van der Waals surface area contributed by atoms with Gasteiger partial charge in [-0.1, -0.05) is 49.3 Å². The van der Waals surface area contributed by atoms with Gasteiger partial charge in [0.1, 0.15) is 5.92 Å². The minimum atomic E-state index is -0.768. The summed E-state index contributed by atoms with van der Waals surface area (Å²) >= 11 is 0. The Morgan fingerprint density at radius 1 is 1.30 bits per heavy atom. The van der Waals surface area contributed by atoms with Crippen LogP contribution in [0.5, 0.6) is 0 Å². The van der Waals surface area contributed by atoms with Crippen LogP contribution >= 0.6 is 0 Å². The van der Waals surface area contributed by atoms with Crippen molar-refractivity contribution in [2.45, 2.75) is 39.2 Å². The third kappa shape index (κ3) is 4.57. The van der Waals surface area contributed by atoms with E-state index in [0.717, 1.165) is 6.42 Å². The van der Waals surface area contributed by atoms with Crippen LogP contribution in [0, 0.1) is 5.92 Å². The van der Waals surface area contributed by atoms with Crippen LogP contribution in [-0.2, 0) is 4.79 Å². The standard InChI is InChI=1S/C15H23N3O2/c1-10(2)9-11(3)17-15(19)13(14(16)18-20)12-7-5-4-6-8-12/h4-8,10-11,13,20H,9H2,1-3H3,(H2,16,18)(H,17,19). The third-order valence-corrected chi connectivity index (χ3v) is 3.02. The van der Waals surface area contributed by atoms with Gasteiger partial charge in [-0.2, -0.15) is 0 Å². The number of amidine groups is 1. The van der Waals surface area contributed by atoms with Crippen molar-refractivity contribution in [3.05, 3.63) is 35.9 Å². The van der Waals surface area contributed by atoms with Crippen LogP contribution in [-0.4, -0.2) is 23.0 Å². The fourth-order valence-corrected chi connectivity index (χ4v) is 2.25. The molecular weight excluding hydrogens is 254 g/mol. The molecule has 1 aromatic rings. The molecule has 1 amide bonds. The molecule has 5 heteroatoms. The van der Waals surface area contributed by atoms with Crippen LogP contribution in [0.15, 0.2) is 35.5 Å². The van der Waals surface area contributed by atoms with E-state index < -0.39 is 5.92 Å². The van der Waals surface area contributed by atoms with Crippen molar-refractivity contribution in [2.75, 3.05) is 0 Å². The van der Waals surface area contributed by atoms with Gasteiger partial charge in [0.05, 0.1) is 0 Å². The lowest BCUT2D eigenvalue weighted by Gasteiger charge is -2.20. The summed E-state index contributed by atoms with van der Waals surface area (Å²) in [4.78, 5) is 12.4. The summed E-state index contributed by atoms with van der Waals surface area (Å²) in [6.45, 7) is 6.15. The molecule has 20 heavy (non-hydrogen) atoms. The average molecular weight is 277 g/mol. The highest BCUT2D eigenvalue weighted by molar-refractivity contribution is 6.07. The van der Waals surface area contributed by atoms with Crippen molar-refractivity contribution in [1.82, 2.24) is 5.32 Å². The second kappa shape index (κ2) is 7.53. The van der Waals surface area contributed by atoms with E-state index in [0.29, 0.717) is 11.5 Å². The summed E-state index contributed by atoms with van der Waals surface area (Å²) in [5.74, 6) is -0.634. The van der Waals surface area contributed by atoms with E-state index in [9.17, 15) is 4.79 Å². The van der Waals surface area contributed by atoms with Crippen molar-refractivity contribution in [2.24, 2.45) is 16.8 Å². The van der Waals surface area contributed by atoms with Gasteiger partial charge in [-0.25, -0.2) is 0 Å². The van der Waals surface area contributed by atoms with Crippen molar-refractivity contribution >= 4 is 11.7 Å². The molecule has 0 aliphatic carbocycles. The maximum atomic E-state index is 12.4. The summed E-state index contributed by atoms with van der Waals surface area (Å²) in [5.41, 5.74) is 6.37. The maximum absolute atomic E-state index is 12.4. The Labute approximate surface area is 119 Å². The molecule has 0 aliphatic heterocycles. The Morgan fingerprint density at radius 2 is 1.90 bits per heavy atom. The lowest BCUT2D eigenvalue weighted by atomic mass is 9.96. The largest absolute Gasteiger partial charge is 0.409 e. The van der Waals surface area contributed by atoms with Crippen LogP contribution < -0.4 is 11.1 Å². The Balaban J connectivity index is 2.87. The van der Waals surface area contributed by atoms with Crippen LogP contribution in [0.4, 0.5) is 0 Å². The van der Waals surface area contributed by atoms with Gasteiger partial charge in [-0.05, 0) is 24.8 Å². The van der Waals surface area contributed by atoms with Gasteiger partial charge < -0.3 is 16.3 Å². The van der Waals surface area contributed by atoms with E-state index >= 15 is 0 Å². The molecule has 0 radical (unpaired) electrons. The number of hydrogen-bond acceptors (Lipinski definition) is 3. The molecule has 0 aromatic heterocycles. The number of carbonyl (C=O) groups is 1. The fourth-order valence-electron chi connectivity index (χ4n) is 2.25. The number of nitrogens with one attached hydrogen (secondary N) is 1. The zero-order valence-electron chi connectivity index (χ0n) is 12.2. The van der Waals surface area contributed by atoms with Gasteiger partial charge in [-0.15, -0.1) is 0 Å². The molecule has 110 valence electrons. The summed E-state index contributed by atoms with van der Waals surface area (Å²) in [6, 6.07) is 9.10. The molecule has 1 aromatic carbocycles. The Hall–Kier alpha value is -2.04. The molecule has 0 bridgehead atoms. The number of rotatable bonds is 6. The summed E-state index contributed by atoms with van der Waals surface area (Å²) in [6.07, 6.45) is 0.878. The number of benzene rings is 1. The predicted molar refractivity (Wildman–Crippen MR) is 79.7 cm³/mol. The van der Waals surface area contributed by atoms with E-state index in [2.05, 4.69) is 24.3 Å². The Bertz CT molecular complexity index is 457. The number of carbonyl (C=O) groups excluding carboxylic acids is 1. The molecule has 5 nitrogen and oxygen atoms in total. The average Bonchev–Trinajstić information content (AvgIpc) is 2.38. The monoisotopic (exact) mass is 277 g/mol. The lowest BCUT2D eigenvalue weighted by Crippen LogP contribution is -2.41. The number of oxime groups is 1. The van der Waals surface area contributed by atoms with E-state index in [-0.39, 0.29) is 17.8 Å². The fraction of sp³-hybridized carbons (Fsp3) is 0.467. The molecule has 0 saturated carbocycles. The zero-order valence-corrected chi connectivity index (χ0v) is 12.2. The van der Waals surface area contributed by atoms with Crippen LogP contribution in [0.1, 0.15) is 38.7 Å². The van der Waals surface area contributed by atoms with Gasteiger partial charge in [-0.3, -0.25) is 4.79 Å². The van der Waals surface area contributed by atoms with Gasteiger partial charge in [0, 0.05) is 6.04 Å². The van der Waals surface area contributed by atoms with Crippen LogP contribution in [0.25, 0.3) is 0 Å². The first kappa shape index (κ1) is 16.0. The van der Waals surface area contributed by atoms with Gasteiger partial charge in [0.2, 0.25) is 5.91 Å². The van der Waals surface area contributed by atoms with Crippen LogP contribution in [0.3, 0.4) is 0 Å². The first-order valence-corrected chi connectivity index (χ1v) is 6.78. The molecule has 2 atom stereocenters. The summed E-state index contributed by atoms with van der Waals surface area (Å²) in [7, 11) is 0. The molecule has 0 aliphatic rings. The van der Waals surface area contributed by atoms with Gasteiger partial charge in [0.25, 0.3) is 0 Å². The zero-order chi connectivity index (χ0) is 15.1. The molecule has 1 rings (SSSR count). The van der Waals surface area contributed by atoms with Crippen LogP contribution in [0.2, 0.25) is 0 Å². The highest BCUT2D eigenvalue weighted by Gasteiger charge is 2.26. The Kier molecular flexibility index (Phi) is 6.03. The number of amides is 1. The molecule has 0 spiro atoms. The number of nitrogens with zero attached hydrogens (tertiary/aromatic N) is 1. The number of hydrogen-bond donors (Lipinski definition) is 3. The van der Waals surface area contributed by atoms with Crippen molar-refractivity contribution in [1.29, 1.82) is 0 Å². The summed E-state index contributed by atoms with van der Waals surface area (Å²) in [5, 5.41) is 14.8. The predicted octanol–water partition coefficient (Wildman–Crippen LogP) is 2.07. The van der Waals surface area contributed by atoms with E-state index in [1.165, 1.54) is 0 Å². The van der Waals surface area contributed by atoms with Gasteiger partial charge in [0.15, 0.2) is 5.84 Å². The maximum Gasteiger partial charge on any atom is 0.235 e. The minimum absolute atomic E-state index is 0.0419. The highest BCUT2D eigenvalue weighted by atomic mass is 16.4. The lowest BCUT2D eigenvalue weighted by molar-refractivity contribution is -0.121.